The number of carbonyl (C=O) groups is 2. The Morgan fingerprint density at radius 2 is 2.10 bits per heavy atom. The summed E-state index contributed by atoms with van der Waals surface area (Å²) in [6.45, 7) is 2.30. The molecule has 0 atom stereocenters. The maximum Gasteiger partial charge on any atom is 0.258 e. The zero-order valence-electron chi connectivity index (χ0n) is 12.0. The second kappa shape index (κ2) is 7.37. The average molecular weight is 280 g/mol. The van der Waals surface area contributed by atoms with Crippen LogP contribution in [0, 0.1) is 0 Å². The molecule has 2 N–H and O–H groups in total. The highest BCUT2D eigenvalue weighted by molar-refractivity contribution is 5.99. The van der Waals surface area contributed by atoms with Gasteiger partial charge in [0.1, 0.15) is 11.5 Å². The molecule has 0 saturated carbocycles. The van der Waals surface area contributed by atoms with Crippen molar-refractivity contribution >= 4 is 11.8 Å². The number of phenolic OH excluding ortho intramolecular Hbond substituents is 1. The van der Waals surface area contributed by atoms with Crippen molar-refractivity contribution in [1.82, 2.24) is 10.2 Å². The highest BCUT2D eigenvalue weighted by atomic mass is 16.5. The molecule has 6 heteroatoms. The van der Waals surface area contributed by atoms with Crippen LogP contribution in [0.5, 0.6) is 11.5 Å². The van der Waals surface area contributed by atoms with E-state index in [0.717, 1.165) is 0 Å². The van der Waals surface area contributed by atoms with Crippen molar-refractivity contribution in [3.63, 3.8) is 0 Å². The van der Waals surface area contributed by atoms with Crippen LogP contribution < -0.4 is 10.1 Å². The zero-order valence-corrected chi connectivity index (χ0v) is 12.0. The molecular weight excluding hydrogens is 260 g/mol. The maximum atomic E-state index is 12.4. The van der Waals surface area contributed by atoms with Crippen molar-refractivity contribution in [3.8, 4) is 11.5 Å². The van der Waals surface area contributed by atoms with E-state index in [1.165, 1.54) is 31.2 Å². The number of amides is 2. The smallest absolute Gasteiger partial charge is 0.258 e. The number of benzene rings is 1. The van der Waals surface area contributed by atoms with E-state index in [9.17, 15) is 14.7 Å². The fourth-order valence-electron chi connectivity index (χ4n) is 1.76. The SMILES string of the molecule is CCCN(CC(=O)NC)C(=O)c1cc(OC)ccc1O. The lowest BCUT2D eigenvalue weighted by atomic mass is 10.1. The van der Waals surface area contributed by atoms with Gasteiger partial charge in [0, 0.05) is 13.6 Å². The van der Waals surface area contributed by atoms with Crippen LogP contribution in [0.3, 0.4) is 0 Å². The predicted octanol–water partition coefficient (Wildman–Crippen LogP) is 0.999. The van der Waals surface area contributed by atoms with Crippen LogP contribution in [0.25, 0.3) is 0 Å². The lowest BCUT2D eigenvalue weighted by molar-refractivity contribution is -0.121. The van der Waals surface area contributed by atoms with E-state index >= 15 is 0 Å². The molecule has 0 aromatic heterocycles. The number of methoxy groups -OCH3 is 1. The monoisotopic (exact) mass is 280 g/mol. The van der Waals surface area contributed by atoms with Crippen molar-refractivity contribution < 1.29 is 19.4 Å². The Labute approximate surface area is 118 Å². The quantitative estimate of drug-likeness (QED) is 0.814. The van der Waals surface area contributed by atoms with E-state index in [-0.39, 0.29) is 23.8 Å². The highest BCUT2D eigenvalue weighted by Crippen LogP contribution is 2.24. The molecule has 0 spiro atoms. The Morgan fingerprint density at radius 1 is 1.40 bits per heavy atom. The summed E-state index contributed by atoms with van der Waals surface area (Å²) in [7, 11) is 2.99. The molecule has 0 heterocycles. The van der Waals surface area contributed by atoms with Crippen LogP contribution in [0.2, 0.25) is 0 Å². The fourth-order valence-corrected chi connectivity index (χ4v) is 1.76. The third kappa shape index (κ3) is 3.88. The van der Waals surface area contributed by atoms with Gasteiger partial charge >= 0.3 is 0 Å². The van der Waals surface area contributed by atoms with E-state index in [1.807, 2.05) is 6.92 Å². The molecule has 0 bridgehead atoms. The van der Waals surface area contributed by atoms with Crippen LogP contribution in [-0.4, -0.2) is 49.1 Å². The summed E-state index contributed by atoms with van der Waals surface area (Å²) >= 11 is 0. The van der Waals surface area contributed by atoms with Crippen molar-refractivity contribution in [2.45, 2.75) is 13.3 Å². The molecule has 0 radical (unpaired) electrons. The van der Waals surface area contributed by atoms with Gasteiger partial charge in [-0.2, -0.15) is 0 Å². The summed E-state index contributed by atoms with van der Waals surface area (Å²) in [5.41, 5.74) is 0.127. The van der Waals surface area contributed by atoms with Gasteiger partial charge in [0.15, 0.2) is 0 Å². The van der Waals surface area contributed by atoms with Gasteiger partial charge in [0.25, 0.3) is 5.91 Å². The Bertz CT molecular complexity index is 488. The van der Waals surface area contributed by atoms with E-state index in [2.05, 4.69) is 5.32 Å². The number of phenols is 1. The summed E-state index contributed by atoms with van der Waals surface area (Å²) in [4.78, 5) is 25.3. The van der Waals surface area contributed by atoms with Gasteiger partial charge < -0.3 is 20.1 Å². The number of rotatable bonds is 6. The van der Waals surface area contributed by atoms with Gasteiger partial charge in [-0.3, -0.25) is 9.59 Å². The van der Waals surface area contributed by atoms with Crippen LogP contribution in [0.4, 0.5) is 0 Å². The number of ether oxygens (including phenoxy) is 1. The first-order valence-electron chi connectivity index (χ1n) is 6.40. The molecule has 0 fully saturated rings. The van der Waals surface area contributed by atoms with Crippen molar-refractivity contribution in [2.75, 3.05) is 27.2 Å². The number of aromatic hydroxyl groups is 1. The van der Waals surface area contributed by atoms with Crippen molar-refractivity contribution in [1.29, 1.82) is 0 Å². The van der Waals surface area contributed by atoms with Crippen LogP contribution in [-0.2, 0) is 4.79 Å². The largest absolute Gasteiger partial charge is 0.507 e. The van der Waals surface area contributed by atoms with Crippen molar-refractivity contribution in [3.05, 3.63) is 23.8 Å². The molecule has 2 amide bonds. The summed E-state index contributed by atoms with van der Waals surface area (Å²) in [5, 5.41) is 12.3. The molecule has 20 heavy (non-hydrogen) atoms. The standard InChI is InChI=1S/C14H20N2O4/c1-4-7-16(9-13(18)15-2)14(19)11-8-10(20-3)5-6-12(11)17/h5-6,8,17H,4,7,9H2,1-3H3,(H,15,18). The highest BCUT2D eigenvalue weighted by Gasteiger charge is 2.21. The Kier molecular flexibility index (Phi) is 5.83. The number of hydrogen-bond acceptors (Lipinski definition) is 4. The number of nitrogens with zero attached hydrogens (tertiary/aromatic N) is 1. The summed E-state index contributed by atoms with van der Waals surface area (Å²) < 4.78 is 5.04. The van der Waals surface area contributed by atoms with Crippen LogP contribution in [0.15, 0.2) is 18.2 Å². The molecule has 6 nitrogen and oxygen atoms in total. The lowest BCUT2D eigenvalue weighted by Crippen LogP contribution is -2.40. The average Bonchev–Trinajstić information content (AvgIpc) is 2.46. The first kappa shape index (κ1) is 15.8. The van der Waals surface area contributed by atoms with Crippen LogP contribution >= 0.6 is 0 Å². The molecule has 1 aromatic carbocycles. The molecule has 0 aliphatic heterocycles. The Balaban J connectivity index is 3.01. The third-order valence-electron chi connectivity index (χ3n) is 2.83. The molecule has 1 rings (SSSR count). The molecular formula is C14H20N2O4. The first-order valence-corrected chi connectivity index (χ1v) is 6.40. The minimum atomic E-state index is -0.396. The van der Waals surface area contributed by atoms with Crippen molar-refractivity contribution in [2.24, 2.45) is 0 Å². The number of hydrogen-bond donors (Lipinski definition) is 2. The lowest BCUT2D eigenvalue weighted by Gasteiger charge is -2.21. The van der Waals surface area contributed by atoms with Gasteiger partial charge in [-0.25, -0.2) is 0 Å². The van der Waals surface area contributed by atoms with Gasteiger partial charge in [0.05, 0.1) is 19.2 Å². The number of carbonyl (C=O) groups excluding carboxylic acids is 2. The first-order chi connectivity index (χ1) is 9.53. The summed E-state index contributed by atoms with van der Waals surface area (Å²) in [6.07, 6.45) is 0.716. The Hall–Kier alpha value is -2.24. The second-order valence-electron chi connectivity index (χ2n) is 4.28. The van der Waals surface area contributed by atoms with Gasteiger partial charge in [-0.1, -0.05) is 6.92 Å². The second-order valence-corrected chi connectivity index (χ2v) is 4.28. The number of likely N-dealkylation sites (N-methyl/N-ethyl adjacent to an activating group) is 1. The fraction of sp³-hybridized carbons (Fsp3) is 0.429. The van der Waals surface area contributed by atoms with E-state index in [4.69, 9.17) is 4.74 Å². The van der Waals surface area contributed by atoms with Crippen LogP contribution in [0.1, 0.15) is 23.7 Å². The molecule has 0 aliphatic rings. The van der Waals surface area contributed by atoms with E-state index < -0.39 is 5.91 Å². The summed E-state index contributed by atoms with van der Waals surface area (Å²) in [5.74, 6) is -0.308. The topological polar surface area (TPSA) is 78.9 Å². The molecule has 110 valence electrons. The van der Waals surface area contributed by atoms with Gasteiger partial charge in [-0.15, -0.1) is 0 Å². The van der Waals surface area contributed by atoms with E-state index in [1.54, 1.807) is 6.07 Å². The predicted molar refractivity (Wildman–Crippen MR) is 74.9 cm³/mol. The van der Waals surface area contributed by atoms with E-state index in [0.29, 0.717) is 18.7 Å². The van der Waals surface area contributed by atoms with Gasteiger partial charge in [0.2, 0.25) is 5.91 Å². The molecule has 0 aliphatic carbocycles. The third-order valence-corrected chi connectivity index (χ3v) is 2.83. The maximum absolute atomic E-state index is 12.4. The molecule has 1 aromatic rings. The minimum Gasteiger partial charge on any atom is -0.507 e. The van der Waals surface area contributed by atoms with Gasteiger partial charge in [-0.05, 0) is 24.6 Å². The zero-order chi connectivity index (χ0) is 15.1. The number of nitrogens with one attached hydrogen (secondary N) is 1. The summed E-state index contributed by atoms with van der Waals surface area (Å²) in [6, 6.07) is 4.43. The normalized spacial score (nSPS) is 9.95. The molecule has 0 saturated heterocycles. The minimum absolute atomic E-state index is 0.0418. The Morgan fingerprint density at radius 3 is 2.65 bits per heavy atom. The molecule has 0 unspecified atom stereocenters.